The fourth-order valence-corrected chi connectivity index (χ4v) is 4.37. The van der Waals surface area contributed by atoms with Gasteiger partial charge in [-0.1, -0.05) is 22.9 Å². The molecule has 0 unspecified atom stereocenters. The van der Waals surface area contributed by atoms with Crippen LogP contribution in [0.4, 0.5) is 0 Å². The molecular weight excluding hydrogens is 380 g/mol. The van der Waals surface area contributed by atoms with E-state index in [-0.39, 0.29) is 5.91 Å². The number of amides is 1. The molecule has 0 bridgehead atoms. The predicted molar refractivity (Wildman–Crippen MR) is 103 cm³/mol. The van der Waals surface area contributed by atoms with E-state index in [1.807, 2.05) is 25.1 Å². The molecule has 0 N–H and O–H groups in total. The van der Waals surface area contributed by atoms with Gasteiger partial charge in [-0.15, -0.1) is 0 Å². The number of piperidine rings is 1. The average Bonchev–Trinajstić information content (AvgIpc) is 3.40. The summed E-state index contributed by atoms with van der Waals surface area (Å²) in [6, 6.07) is 6.68. The van der Waals surface area contributed by atoms with Crippen LogP contribution in [0.2, 0.25) is 0 Å². The Hall–Kier alpha value is -1.33. The number of furan rings is 1. The minimum atomic E-state index is 0.0854. The van der Waals surface area contributed by atoms with Crippen molar-refractivity contribution in [3.63, 3.8) is 0 Å². The smallest absolute Gasteiger partial charge is 0.290 e. The second-order valence-electron chi connectivity index (χ2n) is 7.31. The monoisotopic (exact) mass is 404 g/mol. The molecule has 0 spiro atoms. The highest BCUT2D eigenvalue weighted by molar-refractivity contribution is 9.10. The molecule has 1 amide bonds. The van der Waals surface area contributed by atoms with Crippen LogP contribution in [0.3, 0.4) is 0 Å². The molecule has 1 aliphatic carbocycles. The summed E-state index contributed by atoms with van der Waals surface area (Å²) in [6.45, 7) is 7.48. The lowest BCUT2D eigenvalue weighted by molar-refractivity contribution is 0.0525. The van der Waals surface area contributed by atoms with Gasteiger partial charge >= 0.3 is 0 Å². The SMILES string of the molecule is CCN1CCC(N(C(=O)c2oc3ccc(Br)cc3c2C)C2CC2)CC1. The third-order valence-electron chi connectivity index (χ3n) is 5.66. The molecule has 1 aliphatic heterocycles. The van der Waals surface area contributed by atoms with E-state index in [4.69, 9.17) is 4.42 Å². The molecule has 0 atom stereocenters. The molecule has 1 aromatic heterocycles. The zero-order chi connectivity index (χ0) is 17.6. The maximum absolute atomic E-state index is 13.4. The minimum absolute atomic E-state index is 0.0854. The highest BCUT2D eigenvalue weighted by Crippen LogP contribution is 2.36. The van der Waals surface area contributed by atoms with Crippen LogP contribution in [0.25, 0.3) is 11.0 Å². The Bertz CT molecular complexity index is 788. The van der Waals surface area contributed by atoms with E-state index >= 15 is 0 Å². The van der Waals surface area contributed by atoms with Crippen molar-refractivity contribution in [2.24, 2.45) is 0 Å². The summed E-state index contributed by atoms with van der Waals surface area (Å²) < 4.78 is 6.99. The zero-order valence-corrected chi connectivity index (χ0v) is 16.5. The van der Waals surface area contributed by atoms with E-state index in [1.165, 1.54) is 0 Å². The molecule has 5 heteroatoms. The molecule has 134 valence electrons. The number of halogens is 1. The van der Waals surface area contributed by atoms with Crippen LogP contribution in [-0.4, -0.2) is 47.4 Å². The molecule has 2 fully saturated rings. The van der Waals surface area contributed by atoms with Crippen molar-refractivity contribution in [3.8, 4) is 0 Å². The van der Waals surface area contributed by atoms with Crippen LogP contribution in [0.5, 0.6) is 0 Å². The fourth-order valence-electron chi connectivity index (χ4n) is 4.01. The van der Waals surface area contributed by atoms with Crippen molar-refractivity contribution in [1.29, 1.82) is 0 Å². The molecule has 25 heavy (non-hydrogen) atoms. The molecule has 2 heterocycles. The van der Waals surface area contributed by atoms with E-state index in [0.717, 1.165) is 66.3 Å². The summed E-state index contributed by atoms with van der Waals surface area (Å²) >= 11 is 3.51. The number of rotatable bonds is 4. The summed E-state index contributed by atoms with van der Waals surface area (Å²) in [5.41, 5.74) is 1.75. The Labute approximate surface area is 157 Å². The number of likely N-dealkylation sites (tertiary alicyclic amines) is 1. The predicted octanol–water partition coefficient (Wildman–Crippen LogP) is 4.59. The van der Waals surface area contributed by atoms with Crippen molar-refractivity contribution < 1.29 is 9.21 Å². The van der Waals surface area contributed by atoms with Crippen molar-refractivity contribution >= 4 is 32.8 Å². The Balaban J connectivity index is 1.62. The molecule has 1 saturated heterocycles. The van der Waals surface area contributed by atoms with Crippen LogP contribution in [0.15, 0.2) is 27.1 Å². The second kappa shape index (κ2) is 6.76. The van der Waals surface area contributed by atoms with Gasteiger partial charge in [0.15, 0.2) is 5.76 Å². The van der Waals surface area contributed by atoms with Gasteiger partial charge in [-0.25, -0.2) is 0 Å². The van der Waals surface area contributed by atoms with Crippen LogP contribution in [-0.2, 0) is 0 Å². The summed E-state index contributed by atoms with van der Waals surface area (Å²) in [5.74, 6) is 0.611. The standard InChI is InChI=1S/C20H25BrN2O2/c1-3-22-10-8-16(9-11-22)23(15-5-6-15)20(24)19-13(2)17-12-14(21)4-7-18(17)25-19/h4,7,12,15-16H,3,5-6,8-11H2,1-2H3. The Morgan fingerprint density at radius 1 is 1.24 bits per heavy atom. The molecule has 1 aromatic carbocycles. The van der Waals surface area contributed by atoms with Crippen LogP contribution in [0, 0.1) is 6.92 Å². The fraction of sp³-hybridized carbons (Fsp3) is 0.550. The molecule has 4 nitrogen and oxygen atoms in total. The van der Waals surface area contributed by atoms with Gasteiger partial charge in [0.25, 0.3) is 5.91 Å². The number of benzene rings is 1. The van der Waals surface area contributed by atoms with E-state index in [9.17, 15) is 4.79 Å². The van der Waals surface area contributed by atoms with E-state index in [0.29, 0.717) is 17.8 Å². The van der Waals surface area contributed by atoms with E-state index in [1.54, 1.807) is 0 Å². The minimum Gasteiger partial charge on any atom is -0.451 e. The number of fused-ring (bicyclic) bond motifs is 1. The van der Waals surface area contributed by atoms with Crippen LogP contribution >= 0.6 is 15.9 Å². The largest absolute Gasteiger partial charge is 0.451 e. The average molecular weight is 405 g/mol. The summed E-state index contributed by atoms with van der Waals surface area (Å²) in [4.78, 5) is 18.0. The number of aryl methyl sites for hydroxylation is 1. The molecule has 2 aromatic rings. The van der Waals surface area contributed by atoms with Gasteiger partial charge in [0, 0.05) is 40.6 Å². The van der Waals surface area contributed by atoms with Gasteiger partial charge in [-0.2, -0.15) is 0 Å². The Kier molecular flexibility index (Phi) is 4.63. The molecule has 0 radical (unpaired) electrons. The summed E-state index contributed by atoms with van der Waals surface area (Å²) in [5, 5.41) is 1.02. The first-order chi connectivity index (χ1) is 12.1. The first-order valence-corrected chi connectivity index (χ1v) is 10.1. The maximum atomic E-state index is 13.4. The zero-order valence-electron chi connectivity index (χ0n) is 14.9. The Morgan fingerprint density at radius 3 is 2.56 bits per heavy atom. The highest BCUT2D eigenvalue weighted by atomic mass is 79.9. The summed E-state index contributed by atoms with van der Waals surface area (Å²) in [7, 11) is 0. The first kappa shape index (κ1) is 17.1. The van der Waals surface area contributed by atoms with E-state index < -0.39 is 0 Å². The third-order valence-corrected chi connectivity index (χ3v) is 6.16. The van der Waals surface area contributed by atoms with Crippen molar-refractivity contribution in [2.75, 3.05) is 19.6 Å². The first-order valence-electron chi connectivity index (χ1n) is 9.32. The maximum Gasteiger partial charge on any atom is 0.290 e. The van der Waals surface area contributed by atoms with Gasteiger partial charge in [0.1, 0.15) is 5.58 Å². The van der Waals surface area contributed by atoms with Gasteiger partial charge in [-0.05, 0) is 57.4 Å². The number of nitrogens with zero attached hydrogens (tertiary/aromatic N) is 2. The number of carbonyl (C=O) groups is 1. The lowest BCUT2D eigenvalue weighted by atomic mass is 10.0. The van der Waals surface area contributed by atoms with Crippen molar-refractivity contribution in [1.82, 2.24) is 9.80 Å². The number of hydrogen-bond donors (Lipinski definition) is 0. The van der Waals surface area contributed by atoms with Gasteiger partial charge in [0.05, 0.1) is 0 Å². The molecule has 2 aliphatic rings. The number of carbonyl (C=O) groups excluding carboxylic acids is 1. The van der Waals surface area contributed by atoms with Gasteiger partial charge in [0.2, 0.25) is 0 Å². The van der Waals surface area contributed by atoms with Crippen LogP contribution < -0.4 is 0 Å². The Morgan fingerprint density at radius 2 is 1.92 bits per heavy atom. The summed E-state index contributed by atoms with van der Waals surface area (Å²) in [6.07, 6.45) is 4.40. The van der Waals surface area contributed by atoms with Gasteiger partial charge < -0.3 is 14.2 Å². The third kappa shape index (κ3) is 3.24. The number of hydrogen-bond acceptors (Lipinski definition) is 3. The van der Waals surface area contributed by atoms with Crippen molar-refractivity contribution in [3.05, 3.63) is 34.0 Å². The molecule has 1 saturated carbocycles. The quantitative estimate of drug-likeness (QED) is 0.747. The van der Waals surface area contributed by atoms with E-state index in [2.05, 4.69) is 32.7 Å². The lowest BCUT2D eigenvalue weighted by Crippen LogP contribution is -2.48. The normalized spacial score (nSPS) is 19.5. The second-order valence-corrected chi connectivity index (χ2v) is 8.22. The lowest BCUT2D eigenvalue weighted by Gasteiger charge is -2.38. The van der Waals surface area contributed by atoms with Gasteiger partial charge in [-0.3, -0.25) is 4.79 Å². The van der Waals surface area contributed by atoms with Crippen molar-refractivity contribution in [2.45, 2.75) is 51.6 Å². The topological polar surface area (TPSA) is 36.7 Å². The molecule has 4 rings (SSSR count). The van der Waals surface area contributed by atoms with Crippen LogP contribution in [0.1, 0.15) is 48.7 Å². The molecular formula is C20H25BrN2O2. The highest BCUT2D eigenvalue weighted by Gasteiger charge is 2.40.